The number of rotatable bonds is 6. The lowest BCUT2D eigenvalue weighted by Crippen LogP contribution is -2.40. The van der Waals surface area contributed by atoms with Crippen molar-refractivity contribution in [1.82, 2.24) is 10.6 Å². The molecule has 0 aliphatic heterocycles. The lowest BCUT2D eigenvalue weighted by Gasteiger charge is -2.21. The molecule has 1 fully saturated rings. The summed E-state index contributed by atoms with van der Waals surface area (Å²) in [5.41, 5.74) is 0.538. The monoisotopic (exact) mass is 228 g/mol. The highest BCUT2D eigenvalue weighted by atomic mass is 32.1. The molecular formula is C12H24N2S. The zero-order chi connectivity index (χ0) is 11.3. The minimum Gasteiger partial charge on any atom is -0.363 e. The molecule has 0 radical (unpaired) electrons. The summed E-state index contributed by atoms with van der Waals surface area (Å²) < 4.78 is 0. The van der Waals surface area contributed by atoms with Gasteiger partial charge in [-0.05, 0) is 42.8 Å². The van der Waals surface area contributed by atoms with Gasteiger partial charge in [-0.15, -0.1) is 0 Å². The summed E-state index contributed by atoms with van der Waals surface area (Å²) in [4.78, 5) is 0. The van der Waals surface area contributed by atoms with E-state index in [0.29, 0.717) is 5.41 Å². The average Bonchev–Trinajstić information content (AvgIpc) is 2.96. The maximum atomic E-state index is 5.23. The van der Waals surface area contributed by atoms with Crippen LogP contribution < -0.4 is 10.6 Å². The van der Waals surface area contributed by atoms with Crippen LogP contribution in [0.4, 0.5) is 0 Å². The Balaban J connectivity index is 2.12. The second-order valence-electron chi connectivity index (χ2n) is 4.98. The summed E-state index contributed by atoms with van der Waals surface area (Å²) in [6.45, 7) is 8.85. The van der Waals surface area contributed by atoms with Gasteiger partial charge in [-0.3, -0.25) is 0 Å². The number of hydrogen-bond donors (Lipinski definition) is 2. The van der Waals surface area contributed by atoms with E-state index in [1.807, 2.05) is 0 Å². The third kappa shape index (κ3) is 3.98. The number of nitrogens with one attached hydrogen (secondary N) is 2. The molecule has 1 aliphatic carbocycles. The molecule has 0 aromatic carbocycles. The van der Waals surface area contributed by atoms with Gasteiger partial charge < -0.3 is 10.6 Å². The van der Waals surface area contributed by atoms with E-state index in [9.17, 15) is 0 Å². The Morgan fingerprint density at radius 2 is 2.00 bits per heavy atom. The van der Waals surface area contributed by atoms with Crippen molar-refractivity contribution in [3.63, 3.8) is 0 Å². The van der Waals surface area contributed by atoms with Crippen LogP contribution in [0.2, 0.25) is 0 Å². The highest BCUT2D eigenvalue weighted by molar-refractivity contribution is 7.80. The molecule has 1 rings (SSSR count). The van der Waals surface area contributed by atoms with Crippen molar-refractivity contribution in [3.8, 4) is 0 Å². The second kappa shape index (κ2) is 5.69. The van der Waals surface area contributed by atoms with Gasteiger partial charge in [0.15, 0.2) is 5.11 Å². The summed E-state index contributed by atoms with van der Waals surface area (Å²) in [6.07, 6.45) is 5.12. The molecule has 0 atom stereocenters. The Labute approximate surface area is 99.2 Å². The van der Waals surface area contributed by atoms with Crippen molar-refractivity contribution >= 4 is 17.3 Å². The van der Waals surface area contributed by atoms with Gasteiger partial charge in [0.2, 0.25) is 0 Å². The molecule has 1 saturated carbocycles. The first kappa shape index (κ1) is 12.8. The summed E-state index contributed by atoms with van der Waals surface area (Å²) in [5, 5.41) is 7.42. The fourth-order valence-corrected chi connectivity index (χ4v) is 1.99. The molecule has 15 heavy (non-hydrogen) atoms. The van der Waals surface area contributed by atoms with Gasteiger partial charge in [-0.1, -0.05) is 27.2 Å². The number of hydrogen-bond acceptors (Lipinski definition) is 1. The van der Waals surface area contributed by atoms with Crippen molar-refractivity contribution in [2.75, 3.05) is 13.1 Å². The van der Waals surface area contributed by atoms with Gasteiger partial charge in [0.1, 0.15) is 0 Å². The van der Waals surface area contributed by atoms with Crippen molar-refractivity contribution in [2.24, 2.45) is 11.3 Å². The topological polar surface area (TPSA) is 24.1 Å². The van der Waals surface area contributed by atoms with Crippen LogP contribution in [0.1, 0.15) is 46.5 Å². The van der Waals surface area contributed by atoms with Gasteiger partial charge in [-0.2, -0.15) is 0 Å². The smallest absolute Gasteiger partial charge is 0.166 e. The normalized spacial score (nSPS) is 17.6. The molecule has 0 unspecified atom stereocenters. The van der Waals surface area contributed by atoms with Crippen molar-refractivity contribution in [3.05, 3.63) is 0 Å². The quantitative estimate of drug-likeness (QED) is 0.540. The van der Waals surface area contributed by atoms with E-state index >= 15 is 0 Å². The summed E-state index contributed by atoms with van der Waals surface area (Å²) in [5.74, 6) is 0.767. The first-order valence-corrected chi connectivity index (χ1v) is 6.53. The van der Waals surface area contributed by atoms with Crippen LogP contribution in [0.3, 0.4) is 0 Å². The van der Waals surface area contributed by atoms with Gasteiger partial charge in [0, 0.05) is 13.1 Å². The predicted molar refractivity (Wildman–Crippen MR) is 70.0 cm³/mol. The van der Waals surface area contributed by atoms with E-state index in [0.717, 1.165) is 24.1 Å². The van der Waals surface area contributed by atoms with E-state index in [-0.39, 0.29) is 0 Å². The molecule has 0 heterocycles. The second-order valence-corrected chi connectivity index (χ2v) is 5.39. The summed E-state index contributed by atoms with van der Waals surface area (Å²) in [7, 11) is 0. The molecule has 0 bridgehead atoms. The SMILES string of the molecule is CCCCNC(=S)NCC1(C(C)C)CC1. The zero-order valence-corrected chi connectivity index (χ0v) is 11.0. The fourth-order valence-electron chi connectivity index (χ4n) is 1.82. The van der Waals surface area contributed by atoms with E-state index in [1.54, 1.807) is 0 Å². The molecule has 2 N–H and O–H groups in total. The first-order chi connectivity index (χ1) is 7.10. The van der Waals surface area contributed by atoms with Gasteiger partial charge in [-0.25, -0.2) is 0 Å². The van der Waals surface area contributed by atoms with E-state index < -0.39 is 0 Å². The molecule has 1 aliphatic rings. The molecule has 3 heteroatoms. The molecule has 88 valence electrons. The molecule has 0 saturated heterocycles. The Hall–Kier alpha value is -0.310. The van der Waals surface area contributed by atoms with E-state index in [4.69, 9.17) is 12.2 Å². The molecule has 0 aromatic rings. The van der Waals surface area contributed by atoms with Crippen LogP contribution in [-0.2, 0) is 0 Å². The van der Waals surface area contributed by atoms with Crippen LogP contribution in [0, 0.1) is 11.3 Å². The van der Waals surface area contributed by atoms with Crippen LogP contribution in [0.15, 0.2) is 0 Å². The molecule has 2 nitrogen and oxygen atoms in total. The minimum absolute atomic E-state index is 0.538. The van der Waals surface area contributed by atoms with Crippen molar-refractivity contribution < 1.29 is 0 Å². The zero-order valence-electron chi connectivity index (χ0n) is 10.2. The molecule has 0 spiro atoms. The first-order valence-electron chi connectivity index (χ1n) is 6.12. The standard InChI is InChI=1S/C12H24N2S/c1-4-5-8-13-11(15)14-9-12(6-7-12)10(2)3/h10H,4-9H2,1-3H3,(H2,13,14,15). The van der Waals surface area contributed by atoms with E-state index in [2.05, 4.69) is 31.4 Å². The van der Waals surface area contributed by atoms with Crippen molar-refractivity contribution in [1.29, 1.82) is 0 Å². The molecule has 0 amide bonds. The van der Waals surface area contributed by atoms with Crippen LogP contribution in [-0.4, -0.2) is 18.2 Å². The third-order valence-electron chi connectivity index (χ3n) is 3.53. The number of thiocarbonyl (C=S) groups is 1. The fraction of sp³-hybridized carbons (Fsp3) is 0.917. The Morgan fingerprint density at radius 1 is 1.33 bits per heavy atom. The predicted octanol–water partition coefficient (Wildman–Crippen LogP) is 2.69. The Morgan fingerprint density at radius 3 is 2.47 bits per heavy atom. The van der Waals surface area contributed by atoms with Gasteiger partial charge in [0.05, 0.1) is 0 Å². The average molecular weight is 228 g/mol. The van der Waals surface area contributed by atoms with Gasteiger partial charge >= 0.3 is 0 Å². The lowest BCUT2D eigenvalue weighted by molar-refractivity contribution is 0.356. The van der Waals surface area contributed by atoms with Crippen LogP contribution >= 0.6 is 12.2 Å². The van der Waals surface area contributed by atoms with Crippen molar-refractivity contribution in [2.45, 2.75) is 46.5 Å². The highest BCUT2D eigenvalue weighted by Gasteiger charge is 2.44. The largest absolute Gasteiger partial charge is 0.363 e. The highest BCUT2D eigenvalue weighted by Crippen LogP contribution is 2.51. The van der Waals surface area contributed by atoms with Gasteiger partial charge in [0.25, 0.3) is 0 Å². The Bertz CT molecular complexity index is 210. The minimum atomic E-state index is 0.538. The lowest BCUT2D eigenvalue weighted by atomic mass is 9.92. The molecule has 0 aromatic heterocycles. The maximum Gasteiger partial charge on any atom is 0.166 e. The maximum absolute atomic E-state index is 5.23. The Kier molecular flexibility index (Phi) is 4.84. The van der Waals surface area contributed by atoms with Crippen LogP contribution in [0.25, 0.3) is 0 Å². The summed E-state index contributed by atoms with van der Waals surface area (Å²) >= 11 is 5.23. The molecular weight excluding hydrogens is 204 g/mol. The number of unbranched alkanes of at least 4 members (excludes halogenated alkanes) is 1. The summed E-state index contributed by atoms with van der Waals surface area (Å²) in [6, 6.07) is 0. The third-order valence-corrected chi connectivity index (χ3v) is 3.82. The van der Waals surface area contributed by atoms with Crippen LogP contribution in [0.5, 0.6) is 0 Å². The van der Waals surface area contributed by atoms with E-state index in [1.165, 1.54) is 25.7 Å².